The average Bonchev–Trinajstić information content (AvgIpc) is 2.81. The number of phenolic OH excluding ortho intramolecular Hbond substituents is 1. The van der Waals surface area contributed by atoms with Crippen molar-refractivity contribution in [1.82, 2.24) is 4.90 Å². The van der Waals surface area contributed by atoms with Crippen molar-refractivity contribution in [1.29, 1.82) is 5.26 Å². The fourth-order valence-electron chi connectivity index (χ4n) is 3.79. The van der Waals surface area contributed by atoms with Gasteiger partial charge < -0.3 is 14.7 Å². The van der Waals surface area contributed by atoms with Crippen LogP contribution in [0.3, 0.4) is 0 Å². The minimum Gasteiger partial charge on any atom is -0.505 e. The van der Waals surface area contributed by atoms with E-state index in [4.69, 9.17) is 4.74 Å². The van der Waals surface area contributed by atoms with Crippen LogP contribution >= 0.6 is 15.9 Å². The lowest BCUT2D eigenvalue weighted by Crippen LogP contribution is -2.35. The number of hydrogen-bond donors (Lipinski definition) is 2. The van der Waals surface area contributed by atoms with Gasteiger partial charge in [-0.3, -0.25) is 9.52 Å². The number of benzene rings is 3. The van der Waals surface area contributed by atoms with Gasteiger partial charge in [0.25, 0.3) is 15.9 Å². The number of carbonyl (C=O) groups is 1. The Morgan fingerprint density at radius 3 is 2.58 bits per heavy atom. The molecule has 0 unspecified atom stereocenters. The van der Waals surface area contributed by atoms with Crippen molar-refractivity contribution in [2.24, 2.45) is 0 Å². The van der Waals surface area contributed by atoms with Crippen molar-refractivity contribution < 1.29 is 31.8 Å². The van der Waals surface area contributed by atoms with E-state index in [1.807, 2.05) is 10.8 Å². The predicted octanol–water partition coefficient (Wildman–Crippen LogP) is 4.63. The molecule has 0 aliphatic carbocycles. The van der Waals surface area contributed by atoms with Crippen molar-refractivity contribution in [2.45, 2.75) is 17.9 Å². The van der Waals surface area contributed by atoms with Gasteiger partial charge in [-0.15, -0.1) is 0 Å². The molecule has 12 heteroatoms. The molecule has 0 fully saturated rings. The summed E-state index contributed by atoms with van der Waals surface area (Å²) in [4.78, 5) is 13.7. The van der Waals surface area contributed by atoms with Crippen LogP contribution in [0.5, 0.6) is 11.5 Å². The van der Waals surface area contributed by atoms with E-state index >= 15 is 0 Å². The zero-order valence-corrected chi connectivity index (χ0v) is 21.2. The number of hydrogen-bond acceptors (Lipinski definition) is 6. The van der Waals surface area contributed by atoms with Crippen molar-refractivity contribution in [3.63, 3.8) is 0 Å². The maximum absolute atomic E-state index is 15.0. The van der Waals surface area contributed by atoms with E-state index in [1.165, 1.54) is 36.2 Å². The van der Waals surface area contributed by atoms with Crippen molar-refractivity contribution >= 4 is 37.5 Å². The number of halogens is 3. The molecule has 8 nitrogen and oxygen atoms in total. The Labute approximate surface area is 213 Å². The van der Waals surface area contributed by atoms with Crippen LogP contribution < -0.4 is 9.46 Å². The first kappa shape index (κ1) is 25.4. The minimum absolute atomic E-state index is 0.0499. The lowest BCUT2D eigenvalue weighted by Gasteiger charge is -2.24. The number of nitrogens with one attached hydrogen (secondary N) is 1. The maximum atomic E-state index is 15.0. The summed E-state index contributed by atoms with van der Waals surface area (Å²) in [7, 11) is -3.18. The van der Waals surface area contributed by atoms with Gasteiger partial charge in [-0.2, -0.15) is 5.26 Å². The van der Waals surface area contributed by atoms with Gasteiger partial charge in [-0.1, -0.05) is 0 Å². The second-order valence-corrected chi connectivity index (χ2v) is 10.7. The fraction of sp³-hybridized carbons (Fsp3) is 0.167. The van der Waals surface area contributed by atoms with Crippen molar-refractivity contribution in [3.05, 3.63) is 69.7 Å². The van der Waals surface area contributed by atoms with Crippen LogP contribution in [-0.4, -0.2) is 44.0 Å². The summed E-state index contributed by atoms with van der Waals surface area (Å²) in [6.07, 6.45) is -0.624. The van der Waals surface area contributed by atoms with E-state index < -0.39 is 50.0 Å². The molecule has 2 N–H and O–H groups in total. The Morgan fingerprint density at radius 2 is 1.89 bits per heavy atom. The zero-order valence-electron chi connectivity index (χ0n) is 18.8. The molecular weight excluding hydrogens is 560 g/mol. The van der Waals surface area contributed by atoms with Crippen LogP contribution in [-0.2, 0) is 10.0 Å². The largest absolute Gasteiger partial charge is 0.505 e. The van der Waals surface area contributed by atoms with Crippen LogP contribution in [0.25, 0.3) is 11.1 Å². The molecule has 4 bridgehead atoms. The van der Waals surface area contributed by atoms with Crippen molar-refractivity contribution in [3.8, 4) is 28.7 Å². The lowest BCUT2D eigenvalue weighted by molar-refractivity contribution is 0.0727. The second-order valence-electron chi connectivity index (χ2n) is 8.16. The van der Waals surface area contributed by atoms with Gasteiger partial charge in [0.2, 0.25) is 0 Å². The summed E-state index contributed by atoms with van der Waals surface area (Å²) in [5.74, 6) is -3.38. The van der Waals surface area contributed by atoms with Gasteiger partial charge in [-0.25, -0.2) is 17.2 Å². The number of nitrogens with zero attached hydrogens (tertiary/aromatic N) is 2. The summed E-state index contributed by atoms with van der Waals surface area (Å²) in [6, 6.07) is 9.80. The lowest BCUT2D eigenvalue weighted by atomic mass is 10.0. The van der Waals surface area contributed by atoms with E-state index in [2.05, 4.69) is 15.9 Å². The molecule has 0 aromatic heterocycles. The van der Waals surface area contributed by atoms with Crippen LogP contribution in [0.1, 0.15) is 22.8 Å². The molecule has 1 amide bonds. The molecule has 1 atom stereocenters. The number of nitriles is 1. The van der Waals surface area contributed by atoms with Gasteiger partial charge >= 0.3 is 0 Å². The highest BCUT2D eigenvalue weighted by molar-refractivity contribution is 9.10. The molecular formula is C24H18BrF2N3O5S. The zero-order chi connectivity index (χ0) is 26.4. The number of fused-ring (bicyclic) bond motifs is 6. The fourth-order valence-corrected chi connectivity index (χ4v) is 5.59. The number of sulfonamides is 1. The maximum Gasteiger partial charge on any atom is 0.265 e. The number of carbonyl (C=O) groups excluding carboxylic acids is 1. The highest BCUT2D eigenvalue weighted by atomic mass is 79.9. The van der Waals surface area contributed by atoms with Crippen LogP contribution in [0.15, 0.2) is 51.8 Å². The highest BCUT2D eigenvalue weighted by Gasteiger charge is 2.28. The molecule has 1 heterocycles. The summed E-state index contributed by atoms with van der Waals surface area (Å²) in [6.45, 7) is 1.72. The second kappa shape index (κ2) is 9.40. The molecule has 3 aromatic rings. The van der Waals surface area contributed by atoms with Crippen molar-refractivity contribution in [2.75, 3.05) is 18.3 Å². The Hall–Kier alpha value is -3.69. The Morgan fingerprint density at radius 1 is 1.17 bits per heavy atom. The third kappa shape index (κ3) is 4.72. The standard InChI is InChI=1S/C24H18BrF2N3O5S/c1-12-11-30(2)24(32)14-6-17(25)23(31)22(7-14)36(33,34)29-20-8-15(18(26)9-19(20)27)16-5-13(10-28)3-4-21(16)35-12/h3-9,12,29,31H,11H2,1-2H3/t12-/m0/s1. The Kier molecular flexibility index (Phi) is 6.64. The molecule has 36 heavy (non-hydrogen) atoms. The Bertz CT molecular complexity index is 1560. The monoisotopic (exact) mass is 577 g/mol. The van der Waals surface area contributed by atoms with E-state index in [-0.39, 0.29) is 39.0 Å². The topological polar surface area (TPSA) is 120 Å². The summed E-state index contributed by atoms with van der Waals surface area (Å²) in [5.41, 5.74) is -0.677. The smallest absolute Gasteiger partial charge is 0.265 e. The number of aromatic hydroxyl groups is 1. The van der Waals surface area contributed by atoms with Gasteiger partial charge in [0, 0.05) is 29.8 Å². The molecule has 0 spiro atoms. The predicted molar refractivity (Wildman–Crippen MR) is 130 cm³/mol. The molecule has 4 rings (SSSR count). The van der Waals surface area contributed by atoms with Crippen LogP contribution in [0.4, 0.5) is 14.5 Å². The number of rotatable bonds is 0. The molecule has 186 valence electrons. The van der Waals surface area contributed by atoms with Gasteiger partial charge in [0.05, 0.1) is 28.3 Å². The summed E-state index contributed by atoms with van der Waals surface area (Å²) in [5, 5.41) is 19.7. The third-order valence-corrected chi connectivity index (χ3v) is 7.45. The molecule has 1 aliphatic heterocycles. The summed E-state index contributed by atoms with van der Waals surface area (Å²) >= 11 is 3.05. The normalized spacial score (nSPS) is 17.1. The van der Waals surface area contributed by atoms with E-state index in [0.29, 0.717) is 6.07 Å². The van der Waals surface area contributed by atoms with Gasteiger partial charge in [-0.05, 0) is 59.3 Å². The molecule has 0 saturated carbocycles. The number of amides is 1. The first-order valence-corrected chi connectivity index (χ1v) is 12.7. The van der Waals surface area contributed by atoms with Gasteiger partial charge in [0.15, 0.2) is 0 Å². The van der Waals surface area contributed by atoms with E-state index in [0.717, 1.165) is 12.1 Å². The van der Waals surface area contributed by atoms with Crippen LogP contribution in [0, 0.1) is 23.0 Å². The third-order valence-electron chi connectivity index (χ3n) is 5.47. The average molecular weight is 578 g/mol. The number of anilines is 1. The summed E-state index contributed by atoms with van der Waals surface area (Å²) < 4.78 is 63.9. The van der Waals surface area contributed by atoms with Crippen LogP contribution in [0.2, 0.25) is 0 Å². The van der Waals surface area contributed by atoms with E-state index in [1.54, 1.807) is 6.92 Å². The number of likely N-dealkylation sites (N-methyl/N-ethyl adjacent to an activating group) is 1. The molecule has 0 saturated heterocycles. The quantitative estimate of drug-likeness (QED) is 0.402. The molecule has 1 aliphatic rings. The minimum atomic E-state index is -4.65. The first-order valence-electron chi connectivity index (χ1n) is 10.4. The highest BCUT2D eigenvalue weighted by Crippen LogP contribution is 2.38. The first-order chi connectivity index (χ1) is 16.9. The Balaban J connectivity index is 2.00. The molecule has 3 aromatic carbocycles. The van der Waals surface area contributed by atoms with Gasteiger partial charge in [0.1, 0.15) is 34.1 Å². The number of ether oxygens (including phenoxy) is 1. The number of phenols is 1. The van der Waals surface area contributed by atoms with E-state index in [9.17, 15) is 32.4 Å². The SMILES string of the molecule is C[C@H]1CN(C)C(=O)c2cc(Br)c(O)c(c2)S(=O)(=O)Nc2cc(c(F)cc2F)-c2cc(C#N)ccc2O1. The molecule has 0 radical (unpaired) electrons.